The maximum Gasteiger partial charge on any atom is 0.0661 e. The lowest BCUT2D eigenvalue weighted by Gasteiger charge is -2.47. The van der Waals surface area contributed by atoms with Gasteiger partial charge in [0.15, 0.2) is 0 Å². The summed E-state index contributed by atoms with van der Waals surface area (Å²) in [5.41, 5.74) is 3.94. The Kier molecular flexibility index (Phi) is 2.32. The molecule has 0 bridgehead atoms. The van der Waals surface area contributed by atoms with Crippen LogP contribution in [0.3, 0.4) is 0 Å². The van der Waals surface area contributed by atoms with Crippen molar-refractivity contribution in [2.75, 3.05) is 13.6 Å². The molecular weight excluding hydrogens is 236 g/mol. The van der Waals surface area contributed by atoms with Crippen LogP contribution in [0.25, 0.3) is 10.9 Å². The second-order valence-electron chi connectivity index (χ2n) is 6.29. The SMILES string of the molecule is CC1CN(C)[C@@H]2Cc3c[nH]c4cccc(c34)[C@H]2C1O. The Hall–Kier alpha value is -1.32. The van der Waals surface area contributed by atoms with Crippen molar-refractivity contribution < 1.29 is 5.11 Å². The Morgan fingerprint density at radius 3 is 3.05 bits per heavy atom. The summed E-state index contributed by atoms with van der Waals surface area (Å²) in [6.45, 7) is 3.14. The van der Waals surface area contributed by atoms with Gasteiger partial charge in [-0.25, -0.2) is 0 Å². The molecule has 4 atom stereocenters. The topological polar surface area (TPSA) is 39.3 Å². The first kappa shape index (κ1) is 11.5. The zero-order valence-electron chi connectivity index (χ0n) is 11.4. The predicted molar refractivity (Wildman–Crippen MR) is 76.3 cm³/mol. The van der Waals surface area contributed by atoms with Crippen LogP contribution in [-0.2, 0) is 6.42 Å². The highest BCUT2D eigenvalue weighted by molar-refractivity contribution is 5.88. The minimum atomic E-state index is -0.227. The Morgan fingerprint density at radius 1 is 1.37 bits per heavy atom. The van der Waals surface area contributed by atoms with E-state index in [1.54, 1.807) is 0 Å². The van der Waals surface area contributed by atoms with Crippen LogP contribution in [-0.4, -0.2) is 40.7 Å². The fraction of sp³-hybridized carbons (Fsp3) is 0.500. The fourth-order valence-corrected chi connectivity index (χ4v) is 4.18. The number of aromatic amines is 1. The number of aliphatic hydroxyl groups excluding tert-OH is 1. The summed E-state index contributed by atoms with van der Waals surface area (Å²) < 4.78 is 0. The highest BCUT2D eigenvalue weighted by Gasteiger charge is 2.43. The number of rotatable bonds is 0. The molecule has 0 amide bonds. The van der Waals surface area contributed by atoms with Crippen molar-refractivity contribution >= 4 is 10.9 Å². The fourth-order valence-electron chi connectivity index (χ4n) is 4.18. The summed E-state index contributed by atoms with van der Waals surface area (Å²) in [4.78, 5) is 5.80. The Morgan fingerprint density at radius 2 is 2.21 bits per heavy atom. The van der Waals surface area contributed by atoms with Crippen molar-refractivity contribution in [2.45, 2.75) is 31.4 Å². The van der Waals surface area contributed by atoms with E-state index in [4.69, 9.17) is 0 Å². The summed E-state index contributed by atoms with van der Waals surface area (Å²) in [5, 5.41) is 12.0. The van der Waals surface area contributed by atoms with Crippen LogP contribution < -0.4 is 0 Å². The number of likely N-dealkylation sites (N-methyl/N-ethyl adjacent to an activating group) is 1. The molecule has 2 unspecified atom stereocenters. The molecule has 1 aromatic heterocycles. The number of hydrogen-bond donors (Lipinski definition) is 2. The number of likely N-dealkylation sites (tertiary alicyclic amines) is 1. The van der Waals surface area contributed by atoms with E-state index in [0.29, 0.717) is 12.0 Å². The van der Waals surface area contributed by atoms with Crippen LogP contribution in [0, 0.1) is 5.92 Å². The Balaban J connectivity index is 1.94. The molecule has 100 valence electrons. The minimum Gasteiger partial charge on any atom is -0.392 e. The lowest BCUT2D eigenvalue weighted by Crippen LogP contribution is -2.54. The van der Waals surface area contributed by atoms with Crippen molar-refractivity contribution in [3.05, 3.63) is 35.5 Å². The van der Waals surface area contributed by atoms with Gasteiger partial charge in [0, 0.05) is 35.6 Å². The van der Waals surface area contributed by atoms with Gasteiger partial charge in [-0.2, -0.15) is 0 Å². The van der Waals surface area contributed by atoms with E-state index < -0.39 is 0 Å². The third-order valence-corrected chi connectivity index (χ3v) is 5.12. The van der Waals surface area contributed by atoms with E-state index in [0.717, 1.165) is 13.0 Å². The molecular formula is C16H20N2O. The summed E-state index contributed by atoms with van der Waals surface area (Å²) in [6.07, 6.45) is 2.96. The van der Waals surface area contributed by atoms with Crippen LogP contribution >= 0.6 is 0 Å². The molecule has 3 nitrogen and oxygen atoms in total. The van der Waals surface area contributed by atoms with Crippen LogP contribution in [0.15, 0.2) is 24.4 Å². The first-order valence-electron chi connectivity index (χ1n) is 7.14. The van der Waals surface area contributed by atoms with Gasteiger partial charge in [-0.15, -0.1) is 0 Å². The van der Waals surface area contributed by atoms with E-state index in [1.165, 1.54) is 22.0 Å². The number of aliphatic hydroxyl groups is 1. The monoisotopic (exact) mass is 256 g/mol. The number of benzene rings is 1. The summed E-state index contributed by atoms with van der Waals surface area (Å²) in [6, 6.07) is 6.86. The van der Waals surface area contributed by atoms with Gasteiger partial charge in [0.1, 0.15) is 0 Å². The maximum absolute atomic E-state index is 10.7. The van der Waals surface area contributed by atoms with Crippen LogP contribution in [0.2, 0.25) is 0 Å². The van der Waals surface area contributed by atoms with Crippen LogP contribution in [0.4, 0.5) is 0 Å². The summed E-state index contributed by atoms with van der Waals surface area (Å²) in [5.74, 6) is 0.586. The number of aromatic nitrogens is 1. The number of hydrogen-bond acceptors (Lipinski definition) is 2. The Labute approximate surface area is 113 Å². The van der Waals surface area contributed by atoms with Crippen molar-refractivity contribution in [1.82, 2.24) is 9.88 Å². The molecule has 0 spiro atoms. The molecule has 1 aliphatic heterocycles. The average molecular weight is 256 g/mol. The van der Waals surface area contributed by atoms with Crippen molar-refractivity contribution in [2.24, 2.45) is 5.92 Å². The minimum absolute atomic E-state index is 0.227. The van der Waals surface area contributed by atoms with E-state index in [1.807, 2.05) is 0 Å². The quantitative estimate of drug-likeness (QED) is 0.758. The molecule has 2 aromatic rings. The molecule has 0 radical (unpaired) electrons. The predicted octanol–water partition coefficient (Wildman–Crippen LogP) is 2.12. The first-order valence-corrected chi connectivity index (χ1v) is 7.14. The van der Waals surface area contributed by atoms with Gasteiger partial charge in [0.05, 0.1) is 6.10 Å². The lowest BCUT2D eigenvalue weighted by atomic mass is 9.71. The summed E-state index contributed by atoms with van der Waals surface area (Å²) in [7, 11) is 2.19. The molecule has 1 saturated heterocycles. The second-order valence-corrected chi connectivity index (χ2v) is 6.29. The molecule has 1 aliphatic carbocycles. The molecule has 1 aromatic carbocycles. The molecule has 2 N–H and O–H groups in total. The first-order chi connectivity index (χ1) is 9.16. The number of fused-ring (bicyclic) bond motifs is 2. The largest absolute Gasteiger partial charge is 0.392 e. The van der Waals surface area contributed by atoms with Gasteiger partial charge in [0.25, 0.3) is 0 Å². The van der Waals surface area contributed by atoms with E-state index in [2.05, 4.69) is 48.3 Å². The molecule has 0 saturated carbocycles. The molecule has 3 heteroatoms. The van der Waals surface area contributed by atoms with Gasteiger partial charge in [0.2, 0.25) is 0 Å². The van der Waals surface area contributed by atoms with E-state index in [9.17, 15) is 5.11 Å². The van der Waals surface area contributed by atoms with E-state index in [-0.39, 0.29) is 12.0 Å². The van der Waals surface area contributed by atoms with Crippen molar-refractivity contribution in [1.29, 1.82) is 0 Å². The van der Waals surface area contributed by atoms with Crippen molar-refractivity contribution in [3.63, 3.8) is 0 Å². The number of piperidine rings is 1. The zero-order valence-corrected chi connectivity index (χ0v) is 11.4. The normalized spacial score (nSPS) is 34.5. The lowest BCUT2D eigenvalue weighted by molar-refractivity contribution is -0.0112. The number of nitrogens with zero attached hydrogens (tertiary/aromatic N) is 1. The highest BCUT2D eigenvalue weighted by atomic mass is 16.3. The highest BCUT2D eigenvalue weighted by Crippen LogP contribution is 2.44. The Bertz CT molecular complexity index is 633. The zero-order chi connectivity index (χ0) is 13.1. The third kappa shape index (κ3) is 1.46. The van der Waals surface area contributed by atoms with Crippen molar-refractivity contribution in [3.8, 4) is 0 Å². The van der Waals surface area contributed by atoms with Gasteiger partial charge in [-0.3, -0.25) is 0 Å². The standard InChI is InChI=1S/C16H20N2O/c1-9-8-18(2)13-6-10-7-17-12-5-3-4-11(14(10)12)15(13)16(9)19/h3-5,7,9,13,15-17,19H,6,8H2,1-2H3/t9?,13-,15-,16?/m1/s1. The van der Waals surface area contributed by atoms with E-state index >= 15 is 0 Å². The molecule has 1 fully saturated rings. The molecule has 2 heterocycles. The molecule has 19 heavy (non-hydrogen) atoms. The average Bonchev–Trinajstić information content (AvgIpc) is 2.81. The van der Waals surface area contributed by atoms with Gasteiger partial charge in [-0.1, -0.05) is 19.1 Å². The van der Waals surface area contributed by atoms with Gasteiger partial charge in [-0.05, 0) is 36.6 Å². The summed E-state index contributed by atoms with van der Waals surface area (Å²) >= 11 is 0. The second kappa shape index (κ2) is 3.84. The molecule has 2 aliphatic rings. The third-order valence-electron chi connectivity index (χ3n) is 5.12. The van der Waals surface area contributed by atoms with Crippen LogP contribution in [0.5, 0.6) is 0 Å². The maximum atomic E-state index is 10.7. The van der Waals surface area contributed by atoms with Gasteiger partial charge >= 0.3 is 0 Å². The van der Waals surface area contributed by atoms with Gasteiger partial charge < -0.3 is 15.0 Å². The smallest absolute Gasteiger partial charge is 0.0661 e. The van der Waals surface area contributed by atoms with Crippen LogP contribution in [0.1, 0.15) is 24.0 Å². The number of H-pyrrole nitrogens is 1. The number of nitrogens with one attached hydrogen (secondary N) is 1. The molecule has 4 rings (SSSR count).